The Morgan fingerprint density at radius 1 is 1.43 bits per heavy atom. The lowest BCUT2D eigenvalue weighted by Gasteiger charge is -2.15. The Morgan fingerprint density at radius 3 is 2.95 bits per heavy atom. The molecular formula is C15H18N4O2. The zero-order valence-corrected chi connectivity index (χ0v) is 12.1. The number of hydrogen-bond donors (Lipinski definition) is 2. The lowest BCUT2D eigenvalue weighted by Crippen LogP contribution is -2.37. The largest absolute Gasteiger partial charge is 0.354 e. The maximum absolute atomic E-state index is 12.2. The number of carbonyl (C=O) groups excluding carboxylic acids is 2. The average molecular weight is 286 g/mol. The standard InChI is InChI=1S/C15H18N4O2/c1-9(2)16-15(21)10-7-13(20)19(8-10)14-11-5-3-4-6-12(11)17-18-14/h3-6,9-10H,7-8H2,1-2H3,(H,16,21)(H,17,18)/t10-/m1/s1. The molecule has 2 N–H and O–H groups in total. The number of anilines is 1. The second-order valence-electron chi connectivity index (χ2n) is 5.66. The zero-order valence-electron chi connectivity index (χ0n) is 12.1. The topological polar surface area (TPSA) is 78.1 Å². The van der Waals surface area contributed by atoms with E-state index in [1.165, 1.54) is 0 Å². The van der Waals surface area contributed by atoms with E-state index in [1.54, 1.807) is 4.90 Å². The van der Waals surface area contributed by atoms with Gasteiger partial charge in [0.05, 0.1) is 11.4 Å². The van der Waals surface area contributed by atoms with Gasteiger partial charge in [0.1, 0.15) is 0 Å². The summed E-state index contributed by atoms with van der Waals surface area (Å²) in [5.41, 5.74) is 0.885. The predicted octanol–water partition coefficient (Wildman–Crippen LogP) is 1.44. The maximum Gasteiger partial charge on any atom is 0.229 e. The zero-order chi connectivity index (χ0) is 15.0. The van der Waals surface area contributed by atoms with Gasteiger partial charge in [0, 0.05) is 24.4 Å². The van der Waals surface area contributed by atoms with Crippen LogP contribution in [0.25, 0.3) is 10.9 Å². The predicted molar refractivity (Wildman–Crippen MR) is 79.8 cm³/mol. The highest BCUT2D eigenvalue weighted by Crippen LogP contribution is 2.29. The summed E-state index contributed by atoms with van der Waals surface area (Å²) in [6.45, 7) is 4.20. The van der Waals surface area contributed by atoms with Crippen molar-refractivity contribution in [2.45, 2.75) is 26.3 Å². The van der Waals surface area contributed by atoms with Crippen LogP contribution in [0, 0.1) is 5.92 Å². The van der Waals surface area contributed by atoms with Crippen LogP contribution in [0.3, 0.4) is 0 Å². The normalized spacial score (nSPS) is 18.7. The molecule has 1 aliphatic rings. The number of fused-ring (bicyclic) bond motifs is 1. The van der Waals surface area contributed by atoms with E-state index in [9.17, 15) is 9.59 Å². The number of H-pyrrole nitrogens is 1. The number of benzene rings is 1. The van der Waals surface area contributed by atoms with Crippen LogP contribution in [0.15, 0.2) is 24.3 Å². The summed E-state index contributed by atoms with van der Waals surface area (Å²) >= 11 is 0. The molecule has 0 radical (unpaired) electrons. The van der Waals surface area contributed by atoms with Crippen molar-refractivity contribution in [3.63, 3.8) is 0 Å². The molecule has 1 atom stereocenters. The molecule has 110 valence electrons. The maximum atomic E-state index is 12.2. The Hall–Kier alpha value is -2.37. The number of para-hydroxylation sites is 1. The first-order valence-corrected chi connectivity index (χ1v) is 7.10. The highest BCUT2D eigenvalue weighted by molar-refractivity contribution is 6.05. The molecule has 6 heteroatoms. The van der Waals surface area contributed by atoms with Crippen molar-refractivity contribution < 1.29 is 9.59 Å². The summed E-state index contributed by atoms with van der Waals surface area (Å²) in [6, 6.07) is 7.73. The minimum Gasteiger partial charge on any atom is -0.354 e. The van der Waals surface area contributed by atoms with Crippen molar-refractivity contribution in [1.29, 1.82) is 0 Å². The molecule has 0 unspecified atom stereocenters. The van der Waals surface area contributed by atoms with Gasteiger partial charge in [-0.2, -0.15) is 5.10 Å². The van der Waals surface area contributed by atoms with E-state index in [1.807, 2.05) is 38.1 Å². The lowest BCUT2D eigenvalue weighted by atomic mass is 10.1. The second-order valence-corrected chi connectivity index (χ2v) is 5.66. The van der Waals surface area contributed by atoms with Crippen LogP contribution in [-0.4, -0.2) is 34.6 Å². The van der Waals surface area contributed by atoms with Crippen LogP contribution in [-0.2, 0) is 9.59 Å². The minimum absolute atomic E-state index is 0.0591. The summed E-state index contributed by atoms with van der Waals surface area (Å²) in [5.74, 6) is 0.169. The molecule has 0 bridgehead atoms. The second kappa shape index (κ2) is 5.20. The molecule has 2 heterocycles. The fraction of sp³-hybridized carbons (Fsp3) is 0.400. The van der Waals surface area contributed by atoms with Crippen molar-refractivity contribution >= 4 is 28.5 Å². The molecule has 0 saturated carbocycles. The number of nitrogens with zero attached hydrogens (tertiary/aromatic N) is 2. The molecule has 1 aromatic carbocycles. The van der Waals surface area contributed by atoms with Crippen LogP contribution in [0.4, 0.5) is 5.82 Å². The fourth-order valence-electron chi connectivity index (χ4n) is 2.65. The van der Waals surface area contributed by atoms with Crippen LogP contribution >= 0.6 is 0 Å². The van der Waals surface area contributed by atoms with Gasteiger partial charge in [-0.15, -0.1) is 0 Å². The third-order valence-electron chi connectivity index (χ3n) is 3.63. The Morgan fingerprint density at radius 2 is 2.19 bits per heavy atom. The number of amides is 2. The fourth-order valence-corrected chi connectivity index (χ4v) is 2.65. The van der Waals surface area contributed by atoms with Gasteiger partial charge in [-0.3, -0.25) is 19.6 Å². The van der Waals surface area contributed by atoms with Crippen molar-refractivity contribution in [3.05, 3.63) is 24.3 Å². The average Bonchev–Trinajstić information content (AvgIpc) is 3.01. The monoisotopic (exact) mass is 286 g/mol. The van der Waals surface area contributed by atoms with Crippen LogP contribution in [0.1, 0.15) is 20.3 Å². The van der Waals surface area contributed by atoms with E-state index < -0.39 is 0 Å². The van der Waals surface area contributed by atoms with Crippen LogP contribution in [0.5, 0.6) is 0 Å². The molecule has 3 rings (SSSR count). The number of aromatic amines is 1. The number of aromatic nitrogens is 2. The Balaban J connectivity index is 1.84. The Labute approximate surface area is 122 Å². The van der Waals surface area contributed by atoms with E-state index in [2.05, 4.69) is 15.5 Å². The first-order chi connectivity index (χ1) is 10.1. The molecule has 0 aliphatic carbocycles. The van der Waals surface area contributed by atoms with E-state index in [0.29, 0.717) is 12.4 Å². The number of rotatable bonds is 3. The van der Waals surface area contributed by atoms with Gasteiger partial charge in [0.15, 0.2) is 5.82 Å². The molecule has 6 nitrogen and oxygen atoms in total. The highest BCUT2D eigenvalue weighted by Gasteiger charge is 2.36. The summed E-state index contributed by atoms with van der Waals surface area (Å²) in [4.78, 5) is 25.9. The smallest absolute Gasteiger partial charge is 0.229 e. The van der Waals surface area contributed by atoms with Gasteiger partial charge in [-0.1, -0.05) is 12.1 Å². The number of hydrogen-bond acceptors (Lipinski definition) is 3. The number of carbonyl (C=O) groups is 2. The molecular weight excluding hydrogens is 268 g/mol. The van der Waals surface area contributed by atoms with Gasteiger partial charge in [-0.05, 0) is 26.0 Å². The SMILES string of the molecule is CC(C)NC(=O)[C@@H]1CC(=O)N(c2n[nH]c3ccccc23)C1. The van der Waals surface area contributed by atoms with Gasteiger partial charge in [0.25, 0.3) is 0 Å². The quantitative estimate of drug-likeness (QED) is 0.896. The molecule has 1 fully saturated rings. The summed E-state index contributed by atoms with van der Waals surface area (Å²) in [7, 11) is 0. The van der Waals surface area contributed by atoms with E-state index in [0.717, 1.165) is 10.9 Å². The molecule has 2 aromatic rings. The van der Waals surface area contributed by atoms with Crippen molar-refractivity contribution in [1.82, 2.24) is 15.5 Å². The van der Waals surface area contributed by atoms with E-state index >= 15 is 0 Å². The molecule has 1 saturated heterocycles. The third kappa shape index (κ3) is 2.49. The van der Waals surface area contributed by atoms with E-state index in [-0.39, 0.29) is 30.2 Å². The molecule has 1 aromatic heterocycles. The summed E-state index contributed by atoms with van der Waals surface area (Å²) < 4.78 is 0. The van der Waals surface area contributed by atoms with Gasteiger partial charge in [-0.25, -0.2) is 0 Å². The summed E-state index contributed by atoms with van der Waals surface area (Å²) in [5, 5.41) is 10.9. The van der Waals surface area contributed by atoms with Gasteiger partial charge in [0.2, 0.25) is 11.8 Å². The lowest BCUT2D eigenvalue weighted by molar-refractivity contribution is -0.126. The third-order valence-corrected chi connectivity index (χ3v) is 3.63. The minimum atomic E-state index is -0.310. The number of nitrogens with one attached hydrogen (secondary N) is 2. The van der Waals surface area contributed by atoms with Crippen molar-refractivity contribution in [2.75, 3.05) is 11.4 Å². The van der Waals surface area contributed by atoms with E-state index in [4.69, 9.17) is 0 Å². The van der Waals surface area contributed by atoms with Gasteiger partial charge < -0.3 is 5.32 Å². The first-order valence-electron chi connectivity index (χ1n) is 7.10. The van der Waals surface area contributed by atoms with Gasteiger partial charge >= 0.3 is 0 Å². The Kier molecular flexibility index (Phi) is 3.37. The molecule has 2 amide bonds. The highest BCUT2D eigenvalue weighted by atomic mass is 16.2. The first kappa shape index (κ1) is 13.6. The summed E-state index contributed by atoms with van der Waals surface area (Å²) in [6.07, 6.45) is 0.236. The molecule has 21 heavy (non-hydrogen) atoms. The molecule has 1 aliphatic heterocycles. The Bertz CT molecular complexity index is 692. The van der Waals surface area contributed by atoms with Crippen LogP contribution in [0.2, 0.25) is 0 Å². The van der Waals surface area contributed by atoms with Crippen molar-refractivity contribution in [2.24, 2.45) is 5.92 Å². The van der Waals surface area contributed by atoms with Crippen molar-refractivity contribution in [3.8, 4) is 0 Å². The van der Waals surface area contributed by atoms with Crippen LogP contribution < -0.4 is 10.2 Å². The molecule has 0 spiro atoms.